The molecule has 8 rings (SSSR count). The molecule has 2 aliphatic heterocycles. The monoisotopic (exact) mass is 679 g/mol. The van der Waals surface area contributed by atoms with E-state index in [1.54, 1.807) is 17.1 Å². The molecule has 0 unspecified atom stereocenters. The highest BCUT2D eigenvalue weighted by molar-refractivity contribution is 7.13. The highest BCUT2D eigenvalue weighted by atomic mass is 32.1. The Morgan fingerprint density at radius 2 is 1.31 bits per heavy atom. The van der Waals surface area contributed by atoms with Crippen molar-refractivity contribution in [3.8, 4) is 0 Å². The number of hydrogen-bond donors (Lipinski definition) is 2. The number of nitrogens with one attached hydrogen (secondary N) is 2. The molecule has 2 saturated heterocycles. The third-order valence-corrected chi connectivity index (χ3v) is 10.4. The fraction of sp³-hybridized carbons (Fsp3) is 0.405. The topological polar surface area (TPSA) is 129 Å². The number of carbonyl (C=O) groups is 2. The summed E-state index contributed by atoms with van der Waals surface area (Å²) in [4.78, 5) is 49.0. The minimum Gasteiger partial charge on any atom is -0.346 e. The summed E-state index contributed by atoms with van der Waals surface area (Å²) in [7, 11) is 0. The number of aromatic nitrogens is 7. The van der Waals surface area contributed by atoms with Gasteiger partial charge in [-0.2, -0.15) is 5.10 Å². The minimum atomic E-state index is 0.0923. The van der Waals surface area contributed by atoms with E-state index in [0.717, 1.165) is 79.6 Å². The number of H-pyrrole nitrogens is 2. The zero-order valence-corrected chi connectivity index (χ0v) is 29.5. The Kier molecular flexibility index (Phi) is 10.8. The molecule has 0 aliphatic carbocycles. The average Bonchev–Trinajstić information content (AvgIpc) is 3.99. The molecule has 12 heteroatoms. The lowest BCUT2D eigenvalue weighted by Crippen LogP contribution is -2.37. The maximum Gasteiger partial charge on any atom is 0.265 e. The Morgan fingerprint density at radius 1 is 0.776 bits per heavy atom. The van der Waals surface area contributed by atoms with Crippen LogP contribution in [0.5, 0.6) is 0 Å². The molecule has 256 valence electrons. The molecule has 8 heterocycles. The first-order chi connectivity index (χ1) is 24.0. The third-order valence-electron chi connectivity index (χ3n) is 9.47. The predicted molar refractivity (Wildman–Crippen MR) is 194 cm³/mol. The van der Waals surface area contributed by atoms with Crippen LogP contribution in [-0.4, -0.2) is 82.5 Å². The number of nitrogens with zero attached hydrogens (tertiary/aromatic N) is 7. The largest absolute Gasteiger partial charge is 0.346 e. The van der Waals surface area contributed by atoms with E-state index in [2.05, 4.69) is 54.3 Å². The summed E-state index contributed by atoms with van der Waals surface area (Å²) in [5, 5.41) is 7.54. The standard InChI is InChI=1S/C18H21N5O.C17H18N4OS.C2H6/c1-2-23-12-14(11-21-23)18(24)22-9-5-13(6-10-22)15-3-7-19-17-16(15)4-8-20-17;1-11-20-10-15(23-11)17(22)21-8-4-12(5-9-21)13-2-6-18-16-14(13)3-7-19-16;1-2/h3-4,7-8,11-13H,2,5-6,9-10H2,1H3,(H,19,20);2-3,6-7,10,12H,4-5,8-9H2,1H3,(H,18,19);1-2H3. The van der Waals surface area contributed by atoms with Crippen LogP contribution >= 0.6 is 11.3 Å². The first kappa shape index (κ1) is 34.0. The number of hydrogen-bond acceptors (Lipinski definition) is 7. The molecule has 2 N–H and O–H groups in total. The molecule has 0 atom stereocenters. The number of pyridine rings is 2. The number of piperidine rings is 2. The molecule has 2 fully saturated rings. The molecule has 0 spiro atoms. The van der Waals surface area contributed by atoms with Crippen LogP contribution in [0.15, 0.2) is 67.6 Å². The molecule has 0 saturated carbocycles. The lowest BCUT2D eigenvalue weighted by Gasteiger charge is -2.32. The van der Waals surface area contributed by atoms with Crippen molar-refractivity contribution in [1.82, 2.24) is 44.5 Å². The second-order valence-electron chi connectivity index (χ2n) is 12.2. The summed E-state index contributed by atoms with van der Waals surface area (Å²) in [6, 6.07) is 8.41. The van der Waals surface area contributed by atoms with Crippen LogP contribution in [0.3, 0.4) is 0 Å². The summed E-state index contributed by atoms with van der Waals surface area (Å²) in [6.07, 6.45) is 16.8. The summed E-state index contributed by atoms with van der Waals surface area (Å²) in [5.74, 6) is 1.18. The summed E-state index contributed by atoms with van der Waals surface area (Å²) in [5.41, 5.74) is 5.26. The van der Waals surface area contributed by atoms with Gasteiger partial charge in [-0.1, -0.05) is 13.8 Å². The second kappa shape index (κ2) is 15.6. The maximum atomic E-state index is 12.6. The Morgan fingerprint density at radius 3 is 1.78 bits per heavy atom. The van der Waals surface area contributed by atoms with Gasteiger partial charge < -0.3 is 19.8 Å². The number of rotatable bonds is 5. The Bertz CT molecular complexity index is 1990. The Labute approximate surface area is 290 Å². The zero-order valence-electron chi connectivity index (χ0n) is 28.7. The first-order valence-electron chi connectivity index (χ1n) is 17.4. The van der Waals surface area contributed by atoms with E-state index in [9.17, 15) is 9.59 Å². The van der Waals surface area contributed by atoms with E-state index in [1.807, 2.05) is 68.5 Å². The van der Waals surface area contributed by atoms with Gasteiger partial charge in [-0.3, -0.25) is 14.3 Å². The fourth-order valence-electron chi connectivity index (χ4n) is 6.91. The molecule has 0 radical (unpaired) electrons. The summed E-state index contributed by atoms with van der Waals surface area (Å²) in [6.45, 7) is 11.9. The van der Waals surface area contributed by atoms with Crippen LogP contribution in [0.4, 0.5) is 0 Å². The summed E-state index contributed by atoms with van der Waals surface area (Å²) >= 11 is 1.47. The van der Waals surface area contributed by atoms with Gasteiger partial charge >= 0.3 is 0 Å². The van der Waals surface area contributed by atoms with Crippen LogP contribution in [0.1, 0.15) is 94.5 Å². The number of amides is 2. The van der Waals surface area contributed by atoms with Crippen molar-refractivity contribution in [2.24, 2.45) is 0 Å². The third kappa shape index (κ3) is 7.44. The van der Waals surface area contributed by atoms with Gasteiger partial charge in [0.25, 0.3) is 11.8 Å². The lowest BCUT2D eigenvalue weighted by molar-refractivity contribution is 0.0707. The van der Waals surface area contributed by atoms with Crippen molar-refractivity contribution in [2.75, 3.05) is 26.2 Å². The minimum absolute atomic E-state index is 0.0923. The van der Waals surface area contributed by atoms with Gasteiger partial charge in [0.2, 0.25) is 0 Å². The quantitative estimate of drug-likeness (QED) is 0.199. The van der Waals surface area contributed by atoms with Crippen molar-refractivity contribution in [1.29, 1.82) is 0 Å². The Balaban J connectivity index is 0.000000162. The van der Waals surface area contributed by atoms with Crippen molar-refractivity contribution in [2.45, 2.75) is 71.8 Å². The van der Waals surface area contributed by atoms with E-state index >= 15 is 0 Å². The van der Waals surface area contributed by atoms with E-state index in [-0.39, 0.29) is 11.8 Å². The maximum absolute atomic E-state index is 12.6. The van der Waals surface area contributed by atoms with Crippen LogP contribution < -0.4 is 0 Å². The molecule has 11 nitrogen and oxygen atoms in total. The molecule has 6 aromatic rings. The smallest absolute Gasteiger partial charge is 0.265 e. The van der Waals surface area contributed by atoms with Crippen LogP contribution in [0.25, 0.3) is 22.1 Å². The van der Waals surface area contributed by atoms with Crippen LogP contribution in [-0.2, 0) is 6.54 Å². The first-order valence-corrected chi connectivity index (χ1v) is 18.2. The second-order valence-corrected chi connectivity index (χ2v) is 13.5. The number of fused-ring (bicyclic) bond motifs is 2. The van der Waals surface area contributed by atoms with Crippen molar-refractivity contribution in [3.63, 3.8) is 0 Å². The molecule has 6 aromatic heterocycles. The molecular weight excluding hydrogens is 635 g/mol. The van der Waals surface area contributed by atoms with Gasteiger partial charge in [-0.15, -0.1) is 11.3 Å². The molecule has 0 aromatic carbocycles. The molecular formula is C37H45N9O2S. The average molecular weight is 680 g/mol. The summed E-state index contributed by atoms with van der Waals surface area (Å²) < 4.78 is 1.79. The molecule has 2 amide bonds. The van der Waals surface area contributed by atoms with E-state index in [4.69, 9.17) is 0 Å². The van der Waals surface area contributed by atoms with Crippen molar-refractivity contribution in [3.05, 3.63) is 94.2 Å². The number of aromatic amines is 2. The van der Waals surface area contributed by atoms with E-state index in [1.165, 1.54) is 33.2 Å². The zero-order chi connectivity index (χ0) is 34.3. The fourth-order valence-corrected chi connectivity index (χ4v) is 7.65. The number of aryl methyl sites for hydroxylation is 2. The van der Waals surface area contributed by atoms with Crippen molar-refractivity contribution < 1.29 is 9.59 Å². The van der Waals surface area contributed by atoms with Gasteiger partial charge in [0.1, 0.15) is 16.2 Å². The highest BCUT2D eigenvalue weighted by Crippen LogP contribution is 2.34. The molecule has 2 aliphatic rings. The predicted octanol–water partition coefficient (Wildman–Crippen LogP) is 7.17. The molecule has 49 heavy (non-hydrogen) atoms. The number of likely N-dealkylation sites (tertiary alicyclic amines) is 2. The van der Waals surface area contributed by atoms with Crippen LogP contribution in [0, 0.1) is 6.92 Å². The molecule has 0 bridgehead atoms. The lowest BCUT2D eigenvalue weighted by atomic mass is 9.88. The SMILES string of the molecule is CC.CCn1cc(C(=O)N2CCC(c3ccnc4[nH]ccc34)CC2)cn1.Cc1ncc(C(=O)N2CCC(c3ccnc4[nH]ccc34)CC2)s1. The number of thiazole rings is 1. The Hall–Kier alpha value is -4.84. The van der Waals surface area contributed by atoms with E-state index < -0.39 is 0 Å². The normalized spacial score (nSPS) is 15.5. The van der Waals surface area contributed by atoms with Crippen molar-refractivity contribution >= 4 is 45.2 Å². The number of carbonyl (C=O) groups excluding carboxylic acids is 2. The van der Waals surface area contributed by atoms with Gasteiger partial charge in [0, 0.05) is 74.5 Å². The van der Waals surface area contributed by atoms with Gasteiger partial charge in [0.15, 0.2) is 0 Å². The van der Waals surface area contributed by atoms with Gasteiger partial charge in [-0.25, -0.2) is 15.0 Å². The highest BCUT2D eigenvalue weighted by Gasteiger charge is 2.28. The van der Waals surface area contributed by atoms with E-state index in [0.29, 0.717) is 17.4 Å². The van der Waals surface area contributed by atoms with Gasteiger partial charge in [0.05, 0.1) is 23.0 Å². The van der Waals surface area contributed by atoms with Gasteiger partial charge in [-0.05, 0) is 86.8 Å². The van der Waals surface area contributed by atoms with Crippen LogP contribution in [0.2, 0.25) is 0 Å².